The Bertz CT molecular complexity index is 1340. The van der Waals surface area contributed by atoms with Gasteiger partial charge in [0.05, 0.1) is 0 Å². The van der Waals surface area contributed by atoms with E-state index in [0.717, 1.165) is 17.6 Å². The van der Waals surface area contributed by atoms with Gasteiger partial charge in [-0.2, -0.15) is 0 Å². The van der Waals surface area contributed by atoms with Gasteiger partial charge in [0.15, 0.2) is 0 Å². The largest absolute Gasteiger partial charge is 0.148 e. The second kappa shape index (κ2) is 10.5. The van der Waals surface area contributed by atoms with Crippen LogP contribution in [-0.4, -0.2) is 0 Å². The van der Waals surface area contributed by atoms with Crippen molar-refractivity contribution >= 4 is 36.8 Å². The standard InChI is InChI=1S/C30H24ClPS/c31-26-14-7-9-22(19-26)20-29-25(17-18-33-29)21-32-28-16-8-15-27(23-10-3-1-4-11-23)30(28)24-12-5-2-6-13-24/h1-19,32H,20-21H2. The van der Waals surface area contributed by atoms with E-state index in [4.69, 9.17) is 11.6 Å². The summed E-state index contributed by atoms with van der Waals surface area (Å²) in [6, 6.07) is 38.8. The summed E-state index contributed by atoms with van der Waals surface area (Å²) >= 11 is 8.06. The van der Waals surface area contributed by atoms with E-state index in [1.54, 1.807) is 0 Å². The Morgan fingerprint density at radius 2 is 1.42 bits per heavy atom. The highest BCUT2D eigenvalue weighted by Gasteiger charge is 2.14. The monoisotopic (exact) mass is 482 g/mol. The summed E-state index contributed by atoms with van der Waals surface area (Å²) in [5.74, 6) is 0. The molecule has 3 heteroatoms. The van der Waals surface area contributed by atoms with Crippen LogP contribution in [0, 0.1) is 0 Å². The highest BCUT2D eigenvalue weighted by Crippen LogP contribution is 2.36. The van der Waals surface area contributed by atoms with Gasteiger partial charge in [-0.15, -0.1) is 11.3 Å². The molecule has 0 nitrogen and oxygen atoms in total. The number of thiophene rings is 1. The van der Waals surface area contributed by atoms with Crippen LogP contribution in [0.1, 0.15) is 16.0 Å². The predicted molar refractivity (Wildman–Crippen MR) is 148 cm³/mol. The van der Waals surface area contributed by atoms with Gasteiger partial charge >= 0.3 is 0 Å². The van der Waals surface area contributed by atoms with Crippen molar-refractivity contribution in [3.8, 4) is 22.3 Å². The Hall–Kier alpha value is -2.70. The average molecular weight is 483 g/mol. The summed E-state index contributed by atoms with van der Waals surface area (Å²) in [6.45, 7) is 0. The van der Waals surface area contributed by atoms with E-state index in [0.29, 0.717) is 8.58 Å². The third kappa shape index (κ3) is 5.28. The maximum absolute atomic E-state index is 6.21. The van der Waals surface area contributed by atoms with E-state index < -0.39 is 0 Å². The van der Waals surface area contributed by atoms with Crippen molar-refractivity contribution in [3.63, 3.8) is 0 Å². The number of halogens is 1. The van der Waals surface area contributed by atoms with E-state index in [9.17, 15) is 0 Å². The lowest BCUT2D eigenvalue weighted by molar-refractivity contribution is 1.20. The van der Waals surface area contributed by atoms with Crippen LogP contribution in [0.15, 0.2) is 115 Å². The van der Waals surface area contributed by atoms with Crippen LogP contribution < -0.4 is 5.30 Å². The van der Waals surface area contributed by atoms with Crippen LogP contribution in [0.3, 0.4) is 0 Å². The maximum Gasteiger partial charge on any atom is 0.0408 e. The molecule has 0 radical (unpaired) electrons. The topological polar surface area (TPSA) is 0 Å². The van der Waals surface area contributed by atoms with Crippen LogP contribution in [0.25, 0.3) is 22.3 Å². The van der Waals surface area contributed by atoms with Crippen LogP contribution in [0.2, 0.25) is 5.02 Å². The van der Waals surface area contributed by atoms with E-state index in [1.165, 1.54) is 43.6 Å². The molecule has 0 fully saturated rings. The van der Waals surface area contributed by atoms with Gasteiger partial charge in [0.25, 0.3) is 0 Å². The van der Waals surface area contributed by atoms with Crippen molar-refractivity contribution in [1.29, 1.82) is 0 Å². The molecule has 33 heavy (non-hydrogen) atoms. The lowest BCUT2D eigenvalue weighted by Gasteiger charge is -2.16. The fourth-order valence-corrected chi connectivity index (χ4v) is 6.84. The first-order valence-electron chi connectivity index (χ1n) is 11.1. The summed E-state index contributed by atoms with van der Waals surface area (Å²) in [4.78, 5) is 1.44. The molecular weight excluding hydrogens is 459 g/mol. The molecule has 162 valence electrons. The SMILES string of the molecule is Clc1cccc(Cc2sccc2CPc2cccc(-c3ccccc3)c2-c2ccccc2)c1. The number of rotatable bonds is 7. The molecular formula is C30H24ClPS. The van der Waals surface area contributed by atoms with Gasteiger partial charge in [-0.3, -0.25) is 0 Å². The number of hydrogen-bond acceptors (Lipinski definition) is 1. The number of benzene rings is 4. The third-order valence-electron chi connectivity index (χ3n) is 5.77. The average Bonchev–Trinajstić information content (AvgIpc) is 3.30. The van der Waals surface area contributed by atoms with Crippen LogP contribution in [0.4, 0.5) is 0 Å². The molecule has 1 unspecified atom stereocenters. The van der Waals surface area contributed by atoms with E-state index in [1.807, 2.05) is 23.5 Å². The van der Waals surface area contributed by atoms with Crippen molar-refractivity contribution < 1.29 is 0 Å². The summed E-state index contributed by atoms with van der Waals surface area (Å²) in [5.41, 5.74) is 7.92. The fraction of sp³-hybridized carbons (Fsp3) is 0.0667. The van der Waals surface area contributed by atoms with Gasteiger partial charge in [-0.05, 0) is 68.4 Å². The minimum atomic E-state index is 0.700. The quantitative estimate of drug-likeness (QED) is 0.203. The van der Waals surface area contributed by atoms with Crippen LogP contribution >= 0.6 is 31.5 Å². The zero-order chi connectivity index (χ0) is 22.5. The second-order valence-electron chi connectivity index (χ2n) is 7.99. The third-order valence-corrected chi connectivity index (χ3v) is 8.33. The van der Waals surface area contributed by atoms with Crippen molar-refractivity contribution in [2.24, 2.45) is 0 Å². The van der Waals surface area contributed by atoms with Gasteiger partial charge in [0, 0.05) is 16.3 Å². The first-order valence-corrected chi connectivity index (χ1v) is 13.5. The molecule has 5 aromatic rings. The van der Waals surface area contributed by atoms with Gasteiger partial charge in [-0.1, -0.05) is 111 Å². The van der Waals surface area contributed by atoms with Crippen molar-refractivity contribution in [2.75, 3.05) is 0 Å². The summed E-state index contributed by atoms with van der Waals surface area (Å²) in [7, 11) is 0.700. The summed E-state index contributed by atoms with van der Waals surface area (Å²) in [5, 5.41) is 4.44. The fourth-order valence-electron chi connectivity index (χ4n) is 4.18. The maximum atomic E-state index is 6.21. The zero-order valence-corrected chi connectivity index (χ0v) is 20.7. The molecule has 0 amide bonds. The van der Waals surface area contributed by atoms with Gasteiger partial charge in [-0.25, -0.2) is 0 Å². The van der Waals surface area contributed by atoms with Crippen molar-refractivity contribution in [2.45, 2.75) is 12.6 Å². The molecule has 0 N–H and O–H groups in total. The lowest BCUT2D eigenvalue weighted by atomic mass is 9.94. The molecule has 1 atom stereocenters. The first kappa shape index (κ1) is 22.1. The Kier molecular flexibility index (Phi) is 7.03. The Balaban J connectivity index is 1.46. The molecule has 1 aromatic heterocycles. The van der Waals surface area contributed by atoms with Crippen molar-refractivity contribution in [1.82, 2.24) is 0 Å². The molecule has 5 rings (SSSR count). The van der Waals surface area contributed by atoms with Crippen LogP contribution in [0.5, 0.6) is 0 Å². The molecule has 0 bridgehead atoms. The lowest BCUT2D eigenvalue weighted by Crippen LogP contribution is -2.03. The Labute approximate surface area is 206 Å². The molecule has 0 saturated carbocycles. The normalized spacial score (nSPS) is 11.3. The van der Waals surface area contributed by atoms with Crippen LogP contribution in [-0.2, 0) is 12.6 Å². The van der Waals surface area contributed by atoms with Gasteiger partial charge in [0.1, 0.15) is 0 Å². The first-order chi connectivity index (χ1) is 16.3. The summed E-state index contributed by atoms with van der Waals surface area (Å²) in [6.07, 6.45) is 1.99. The molecule has 0 saturated heterocycles. The minimum absolute atomic E-state index is 0.700. The summed E-state index contributed by atoms with van der Waals surface area (Å²) < 4.78 is 0. The minimum Gasteiger partial charge on any atom is -0.148 e. The second-order valence-corrected chi connectivity index (χ2v) is 10.7. The highest BCUT2D eigenvalue weighted by molar-refractivity contribution is 7.46. The highest BCUT2D eigenvalue weighted by atomic mass is 35.5. The predicted octanol–water partition coefficient (Wildman–Crippen LogP) is 8.83. The van der Waals surface area contributed by atoms with Gasteiger partial charge < -0.3 is 0 Å². The molecule has 0 aliphatic carbocycles. The van der Waals surface area contributed by atoms with E-state index >= 15 is 0 Å². The Morgan fingerprint density at radius 1 is 0.697 bits per heavy atom. The molecule has 0 aliphatic heterocycles. The molecule has 0 spiro atoms. The van der Waals surface area contributed by atoms with E-state index in [2.05, 4.69) is 102 Å². The number of hydrogen-bond donors (Lipinski definition) is 0. The molecule has 0 aliphatic rings. The van der Waals surface area contributed by atoms with Crippen molar-refractivity contribution in [3.05, 3.63) is 136 Å². The van der Waals surface area contributed by atoms with E-state index in [-0.39, 0.29) is 0 Å². The zero-order valence-electron chi connectivity index (χ0n) is 18.2. The molecule has 4 aromatic carbocycles. The van der Waals surface area contributed by atoms with Gasteiger partial charge in [0.2, 0.25) is 0 Å². The smallest absolute Gasteiger partial charge is 0.0408 e. The Morgan fingerprint density at radius 3 is 2.18 bits per heavy atom. The molecule has 1 heterocycles.